The van der Waals surface area contributed by atoms with Crippen LogP contribution >= 0.6 is 12.2 Å². The molecule has 1 N–H and O–H groups in total. The zero-order chi connectivity index (χ0) is 20.2. The minimum atomic E-state index is 0.606. The summed E-state index contributed by atoms with van der Waals surface area (Å²) in [5.74, 6) is 2.27. The van der Waals surface area contributed by atoms with Gasteiger partial charge in [-0.15, -0.1) is 0 Å². The van der Waals surface area contributed by atoms with E-state index in [9.17, 15) is 0 Å². The second-order valence-electron chi connectivity index (χ2n) is 6.58. The SMILES string of the molecule is COc1ccc(CCn2c(-c3ccc(-n4cccc4)cc3)n[nH]c2=S)cc1OC. The van der Waals surface area contributed by atoms with Gasteiger partial charge in [0.25, 0.3) is 0 Å². The van der Waals surface area contributed by atoms with Gasteiger partial charge in [-0.1, -0.05) is 6.07 Å². The molecule has 4 aromatic rings. The topological polar surface area (TPSA) is 57.0 Å². The molecule has 0 bridgehead atoms. The van der Waals surface area contributed by atoms with Crippen LogP contribution in [0.15, 0.2) is 67.0 Å². The largest absolute Gasteiger partial charge is 0.493 e. The second kappa shape index (κ2) is 8.36. The lowest BCUT2D eigenvalue weighted by molar-refractivity contribution is 0.354. The zero-order valence-electron chi connectivity index (χ0n) is 16.3. The van der Waals surface area contributed by atoms with Gasteiger partial charge in [0.2, 0.25) is 0 Å². The Morgan fingerprint density at radius 1 is 0.966 bits per heavy atom. The molecule has 148 valence electrons. The number of rotatable bonds is 7. The van der Waals surface area contributed by atoms with Crippen LogP contribution in [0.3, 0.4) is 0 Å². The Balaban J connectivity index is 1.56. The quantitative estimate of drug-likeness (QED) is 0.454. The van der Waals surface area contributed by atoms with Gasteiger partial charge in [-0.3, -0.25) is 9.67 Å². The Morgan fingerprint density at radius 2 is 1.69 bits per heavy atom. The maximum Gasteiger partial charge on any atom is 0.195 e. The Kier molecular flexibility index (Phi) is 5.48. The Morgan fingerprint density at radius 3 is 2.38 bits per heavy atom. The van der Waals surface area contributed by atoms with Gasteiger partial charge in [-0.2, -0.15) is 5.10 Å². The van der Waals surface area contributed by atoms with Crippen LogP contribution in [0.4, 0.5) is 0 Å². The van der Waals surface area contributed by atoms with Crippen molar-refractivity contribution in [2.24, 2.45) is 0 Å². The fourth-order valence-corrected chi connectivity index (χ4v) is 3.54. The number of ether oxygens (including phenoxy) is 2. The third kappa shape index (κ3) is 3.95. The number of benzene rings is 2. The fourth-order valence-electron chi connectivity index (χ4n) is 3.31. The molecule has 2 aromatic carbocycles. The molecule has 0 atom stereocenters. The molecule has 0 aliphatic carbocycles. The number of H-pyrrole nitrogens is 1. The third-order valence-electron chi connectivity index (χ3n) is 4.86. The highest BCUT2D eigenvalue weighted by Crippen LogP contribution is 2.28. The summed E-state index contributed by atoms with van der Waals surface area (Å²) in [4.78, 5) is 0. The maximum atomic E-state index is 5.46. The van der Waals surface area contributed by atoms with Crippen molar-refractivity contribution in [1.82, 2.24) is 19.3 Å². The van der Waals surface area contributed by atoms with Crippen molar-refractivity contribution in [3.63, 3.8) is 0 Å². The molecule has 7 heteroatoms. The predicted molar refractivity (Wildman–Crippen MR) is 115 cm³/mol. The van der Waals surface area contributed by atoms with Gasteiger partial charge in [0.05, 0.1) is 14.2 Å². The molecule has 0 spiro atoms. The molecular formula is C22H22N4O2S. The molecule has 0 saturated carbocycles. The average molecular weight is 407 g/mol. The number of methoxy groups -OCH3 is 2. The van der Waals surface area contributed by atoms with E-state index < -0.39 is 0 Å². The van der Waals surface area contributed by atoms with Crippen molar-refractivity contribution in [2.75, 3.05) is 14.2 Å². The first-order valence-electron chi connectivity index (χ1n) is 9.29. The molecule has 0 saturated heterocycles. The molecule has 0 amide bonds. The van der Waals surface area contributed by atoms with Crippen molar-refractivity contribution >= 4 is 12.2 Å². The lowest BCUT2D eigenvalue weighted by Gasteiger charge is -2.11. The standard InChI is InChI=1S/C22H22N4O2S/c1-27-19-10-5-16(15-20(19)28-2)11-14-26-21(23-24-22(26)29)17-6-8-18(9-7-17)25-12-3-4-13-25/h3-10,12-13,15H,11,14H2,1-2H3,(H,24,29). The number of nitrogens with one attached hydrogen (secondary N) is 1. The van der Waals surface area contributed by atoms with Gasteiger partial charge in [0.1, 0.15) is 0 Å². The maximum absolute atomic E-state index is 5.46. The van der Waals surface area contributed by atoms with E-state index in [1.807, 2.05) is 47.3 Å². The first-order valence-corrected chi connectivity index (χ1v) is 9.70. The fraction of sp³-hybridized carbons (Fsp3) is 0.182. The molecule has 2 aromatic heterocycles. The van der Waals surface area contributed by atoms with Crippen LogP contribution in [0.5, 0.6) is 11.5 Å². The summed E-state index contributed by atoms with van der Waals surface area (Å²) < 4.78 is 15.4. The summed E-state index contributed by atoms with van der Waals surface area (Å²) in [6.07, 6.45) is 4.84. The summed E-state index contributed by atoms with van der Waals surface area (Å²) in [6, 6.07) is 18.2. The first kappa shape index (κ1) is 19.0. The normalized spacial score (nSPS) is 10.8. The van der Waals surface area contributed by atoms with E-state index in [0.717, 1.165) is 40.6 Å². The van der Waals surface area contributed by atoms with Crippen LogP contribution < -0.4 is 9.47 Å². The van der Waals surface area contributed by atoms with E-state index in [1.54, 1.807) is 14.2 Å². The van der Waals surface area contributed by atoms with Crippen LogP contribution in [0.2, 0.25) is 0 Å². The van der Waals surface area contributed by atoms with Crippen LogP contribution in [0.1, 0.15) is 5.56 Å². The molecule has 0 radical (unpaired) electrons. The van der Waals surface area contributed by atoms with Crippen molar-refractivity contribution in [2.45, 2.75) is 13.0 Å². The molecule has 2 heterocycles. The van der Waals surface area contributed by atoms with Crippen molar-refractivity contribution in [1.29, 1.82) is 0 Å². The lowest BCUT2D eigenvalue weighted by Crippen LogP contribution is -2.04. The summed E-state index contributed by atoms with van der Waals surface area (Å²) in [5, 5.41) is 7.37. The minimum absolute atomic E-state index is 0.606. The number of hydrogen-bond acceptors (Lipinski definition) is 4. The number of nitrogens with zero attached hydrogens (tertiary/aromatic N) is 3. The van der Waals surface area contributed by atoms with Gasteiger partial charge < -0.3 is 14.0 Å². The molecular weight excluding hydrogens is 384 g/mol. The summed E-state index contributed by atoms with van der Waals surface area (Å²) in [7, 11) is 3.28. The summed E-state index contributed by atoms with van der Waals surface area (Å²) >= 11 is 5.46. The Labute approximate surface area is 174 Å². The summed E-state index contributed by atoms with van der Waals surface area (Å²) in [6.45, 7) is 0.708. The van der Waals surface area contributed by atoms with E-state index in [2.05, 4.69) is 39.0 Å². The van der Waals surface area contributed by atoms with Crippen LogP contribution in [-0.2, 0) is 13.0 Å². The van der Waals surface area contributed by atoms with E-state index >= 15 is 0 Å². The van der Waals surface area contributed by atoms with E-state index in [4.69, 9.17) is 21.7 Å². The minimum Gasteiger partial charge on any atom is -0.493 e. The van der Waals surface area contributed by atoms with Crippen LogP contribution in [0.25, 0.3) is 17.1 Å². The predicted octanol–water partition coefficient (Wildman–Crippen LogP) is 4.66. The number of aryl methyl sites for hydroxylation is 1. The Bertz CT molecular complexity index is 1140. The van der Waals surface area contributed by atoms with Gasteiger partial charge in [-0.25, -0.2) is 0 Å². The highest BCUT2D eigenvalue weighted by atomic mass is 32.1. The van der Waals surface area contributed by atoms with Crippen molar-refractivity contribution < 1.29 is 9.47 Å². The number of aromatic amines is 1. The molecule has 0 aliphatic heterocycles. The number of aromatic nitrogens is 4. The van der Waals surface area contributed by atoms with Gasteiger partial charge in [-0.05, 0) is 72.7 Å². The lowest BCUT2D eigenvalue weighted by atomic mass is 10.1. The average Bonchev–Trinajstić information content (AvgIpc) is 3.42. The smallest absolute Gasteiger partial charge is 0.195 e. The molecule has 4 rings (SSSR count). The zero-order valence-corrected chi connectivity index (χ0v) is 17.1. The Hall–Kier alpha value is -3.32. The monoisotopic (exact) mass is 406 g/mol. The molecule has 0 unspecified atom stereocenters. The molecule has 0 aliphatic rings. The highest BCUT2D eigenvalue weighted by molar-refractivity contribution is 7.71. The second-order valence-corrected chi connectivity index (χ2v) is 6.97. The molecule has 0 fully saturated rings. The van der Waals surface area contributed by atoms with E-state index in [1.165, 1.54) is 0 Å². The molecule has 6 nitrogen and oxygen atoms in total. The van der Waals surface area contributed by atoms with Gasteiger partial charge in [0.15, 0.2) is 22.1 Å². The molecule has 29 heavy (non-hydrogen) atoms. The van der Waals surface area contributed by atoms with E-state index in [-0.39, 0.29) is 0 Å². The first-order chi connectivity index (χ1) is 14.2. The van der Waals surface area contributed by atoms with Crippen LogP contribution in [0, 0.1) is 4.77 Å². The van der Waals surface area contributed by atoms with Crippen molar-refractivity contribution in [3.8, 4) is 28.6 Å². The van der Waals surface area contributed by atoms with Gasteiger partial charge >= 0.3 is 0 Å². The van der Waals surface area contributed by atoms with Crippen LogP contribution in [-0.4, -0.2) is 33.6 Å². The highest BCUT2D eigenvalue weighted by Gasteiger charge is 2.11. The number of hydrogen-bond donors (Lipinski definition) is 1. The van der Waals surface area contributed by atoms with Gasteiger partial charge in [0, 0.05) is 30.2 Å². The van der Waals surface area contributed by atoms with Crippen molar-refractivity contribution in [3.05, 3.63) is 77.3 Å². The third-order valence-corrected chi connectivity index (χ3v) is 5.17. The van der Waals surface area contributed by atoms with E-state index in [0.29, 0.717) is 11.3 Å². The summed E-state index contributed by atoms with van der Waals surface area (Å²) in [5.41, 5.74) is 3.25.